The summed E-state index contributed by atoms with van der Waals surface area (Å²) in [6.07, 6.45) is 0.751. The van der Waals surface area contributed by atoms with Crippen molar-refractivity contribution in [3.63, 3.8) is 0 Å². The summed E-state index contributed by atoms with van der Waals surface area (Å²) in [6.45, 7) is 0.707. The molecule has 21 heavy (non-hydrogen) atoms. The first kappa shape index (κ1) is 14.4. The van der Waals surface area contributed by atoms with E-state index >= 15 is 0 Å². The summed E-state index contributed by atoms with van der Waals surface area (Å²) < 4.78 is 27.6. The third kappa shape index (κ3) is 2.92. The first-order valence-corrected chi connectivity index (χ1v) is 7.64. The molecule has 1 aliphatic rings. The Labute approximate surface area is 134 Å². The highest BCUT2D eigenvalue weighted by molar-refractivity contribution is 14.1. The van der Waals surface area contributed by atoms with Crippen molar-refractivity contribution in [1.82, 2.24) is 4.90 Å². The van der Waals surface area contributed by atoms with Crippen molar-refractivity contribution in [3.05, 3.63) is 68.3 Å². The van der Waals surface area contributed by atoms with Gasteiger partial charge in [0.2, 0.25) is 0 Å². The molecule has 0 atom stereocenters. The van der Waals surface area contributed by atoms with Crippen molar-refractivity contribution in [1.29, 1.82) is 0 Å². The lowest BCUT2D eigenvalue weighted by Gasteiger charge is -2.29. The molecule has 0 unspecified atom stereocenters. The normalized spacial score (nSPS) is 14.2. The smallest absolute Gasteiger partial charge is 0.254 e. The van der Waals surface area contributed by atoms with E-state index in [4.69, 9.17) is 0 Å². The Morgan fingerprint density at radius 2 is 1.95 bits per heavy atom. The van der Waals surface area contributed by atoms with Crippen LogP contribution in [0.3, 0.4) is 0 Å². The van der Waals surface area contributed by atoms with Crippen molar-refractivity contribution in [2.75, 3.05) is 6.54 Å². The summed E-state index contributed by atoms with van der Waals surface area (Å²) in [6, 6.07) is 9.24. The van der Waals surface area contributed by atoms with E-state index in [0.717, 1.165) is 21.6 Å². The van der Waals surface area contributed by atoms with Gasteiger partial charge >= 0.3 is 0 Å². The number of carbonyl (C=O) groups is 1. The van der Waals surface area contributed by atoms with Crippen LogP contribution in [0.1, 0.15) is 21.5 Å². The van der Waals surface area contributed by atoms with E-state index in [9.17, 15) is 13.6 Å². The van der Waals surface area contributed by atoms with E-state index in [1.165, 1.54) is 12.1 Å². The second-order valence-corrected chi connectivity index (χ2v) is 6.26. The Morgan fingerprint density at radius 3 is 2.71 bits per heavy atom. The number of nitrogens with zero attached hydrogens (tertiary/aromatic N) is 1. The lowest BCUT2D eigenvalue weighted by atomic mass is 9.98. The second kappa shape index (κ2) is 5.71. The van der Waals surface area contributed by atoms with Gasteiger partial charge in [-0.15, -0.1) is 0 Å². The molecule has 1 amide bonds. The average Bonchev–Trinajstić information content (AvgIpc) is 2.45. The van der Waals surface area contributed by atoms with Gasteiger partial charge in [0.15, 0.2) is 0 Å². The van der Waals surface area contributed by atoms with Crippen molar-refractivity contribution < 1.29 is 13.6 Å². The predicted octanol–water partition coefficient (Wildman–Crippen LogP) is 3.77. The Hall–Kier alpha value is -1.50. The van der Waals surface area contributed by atoms with Crippen molar-refractivity contribution in [2.45, 2.75) is 13.0 Å². The summed E-state index contributed by atoms with van der Waals surface area (Å²) in [4.78, 5) is 14.1. The van der Waals surface area contributed by atoms with Crippen LogP contribution in [0.5, 0.6) is 0 Å². The minimum Gasteiger partial charge on any atom is -0.334 e. The molecular weight excluding hydrogens is 387 g/mol. The van der Waals surface area contributed by atoms with Gasteiger partial charge in [-0.3, -0.25) is 4.79 Å². The van der Waals surface area contributed by atoms with Crippen LogP contribution >= 0.6 is 22.6 Å². The molecule has 0 saturated carbocycles. The number of fused-ring (bicyclic) bond motifs is 1. The highest BCUT2D eigenvalue weighted by Gasteiger charge is 2.25. The van der Waals surface area contributed by atoms with E-state index in [-0.39, 0.29) is 12.5 Å². The minimum atomic E-state index is -0.615. The maximum absolute atomic E-state index is 13.7. The van der Waals surface area contributed by atoms with Gasteiger partial charge in [0.1, 0.15) is 11.6 Å². The fourth-order valence-corrected chi connectivity index (χ4v) is 2.99. The molecule has 0 aromatic heterocycles. The van der Waals surface area contributed by atoms with Gasteiger partial charge in [-0.1, -0.05) is 12.1 Å². The van der Waals surface area contributed by atoms with Crippen LogP contribution in [-0.2, 0) is 13.0 Å². The zero-order chi connectivity index (χ0) is 15.0. The first-order valence-electron chi connectivity index (χ1n) is 6.56. The van der Waals surface area contributed by atoms with Gasteiger partial charge in [0, 0.05) is 33.9 Å². The lowest BCUT2D eigenvalue weighted by molar-refractivity contribution is 0.0725. The monoisotopic (exact) mass is 399 g/mol. The fraction of sp³-hybridized carbons (Fsp3) is 0.188. The molecule has 0 bridgehead atoms. The highest BCUT2D eigenvalue weighted by Crippen LogP contribution is 2.23. The molecule has 1 aliphatic heterocycles. The topological polar surface area (TPSA) is 20.3 Å². The molecule has 2 aromatic carbocycles. The molecule has 1 heterocycles. The SMILES string of the molecule is O=C1c2cc(I)ccc2CCN1Cc1ccc(F)cc1F. The van der Waals surface area contributed by atoms with Gasteiger partial charge in [-0.05, 0) is 52.8 Å². The molecule has 2 nitrogen and oxygen atoms in total. The van der Waals surface area contributed by atoms with Crippen LogP contribution in [0, 0.1) is 15.2 Å². The van der Waals surface area contributed by atoms with E-state index in [0.29, 0.717) is 17.7 Å². The van der Waals surface area contributed by atoms with E-state index < -0.39 is 11.6 Å². The summed E-state index contributed by atoms with van der Waals surface area (Å²) in [7, 11) is 0. The number of amides is 1. The number of hydrogen-bond donors (Lipinski definition) is 0. The van der Waals surface area contributed by atoms with Crippen LogP contribution < -0.4 is 0 Å². The second-order valence-electron chi connectivity index (χ2n) is 5.01. The Morgan fingerprint density at radius 1 is 1.14 bits per heavy atom. The molecule has 5 heteroatoms. The van der Waals surface area contributed by atoms with E-state index in [1.807, 2.05) is 18.2 Å². The summed E-state index contributed by atoms with van der Waals surface area (Å²) >= 11 is 2.16. The Kier molecular flexibility index (Phi) is 3.93. The predicted molar refractivity (Wildman–Crippen MR) is 84.0 cm³/mol. The zero-order valence-electron chi connectivity index (χ0n) is 11.1. The summed E-state index contributed by atoms with van der Waals surface area (Å²) in [5, 5.41) is 0. The van der Waals surface area contributed by atoms with Crippen molar-refractivity contribution in [2.24, 2.45) is 0 Å². The fourth-order valence-electron chi connectivity index (χ4n) is 2.50. The minimum absolute atomic E-state index is 0.0986. The molecule has 0 radical (unpaired) electrons. The van der Waals surface area contributed by atoms with Crippen LogP contribution in [0.15, 0.2) is 36.4 Å². The highest BCUT2D eigenvalue weighted by atomic mass is 127. The quantitative estimate of drug-likeness (QED) is 0.705. The van der Waals surface area contributed by atoms with Crippen LogP contribution in [0.25, 0.3) is 0 Å². The maximum atomic E-state index is 13.7. The van der Waals surface area contributed by atoms with Gasteiger partial charge in [-0.2, -0.15) is 0 Å². The zero-order valence-corrected chi connectivity index (χ0v) is 13.2. The molecule has 2 aromatic rings. The van der Waals surface area contributed by atoms with Gasteiger partial charge in [0.25, 0.3) is 5.91 Å². The molecule has 0 spiro atoms. The first-order chi connectivity index (χ1) is 10.0. The molecule has 0 aliphatic carbocycles. The van der Waals surface area contributed by atoms with Crippen LogP contribution in [0.4, 0.5) is 8.78 Å². The molecule has 0 fully saturated rings. The molecule has 0 N–H and O–H groups in total. The standard InChI is InChI=1S/C16H12F2INO/c17-12-3-1-11(15(18)7-12)9-20-6-5-10-2-4-13(19)8-14(10)16(20)21/h1-4,7-8H,5-6,9H2. The van der Waals surface area contributed by atoms with Crippen molar-refractivity contribution >= 4 is 28.5 Å². The van der Waals surface area contributed by atoms with Crippen molar-refractivity contribution in [3.8, 4) is 0 Å². The van der Waals surface area contributed by atoms with E-state index in [2.05, 4.69) is 22.6 Å². The maximum Gasteiger partial charge on any atom is 0.254 e. The molecular formula is C16H12F2INO. The third-order valence-corrected chi connectivity index (χ3v) is 4.29. The lowest BCUT2D eigenvalue weighted by Crippen LogP contribution is -2.37. The third-order valence-electron chi connectivity index (χ3n) is 3.62. The van der Waals surface area contributed by atoms with Crippen LogP contribution in [-0.4, -0.2) is 17.4 Å². The van der Waals surface area contributed by atoms with Crippen LogP contribution in [0.2, 0.25) is 0 Å². The Balaban J connectivity index is 1.86. The van der Waals surface area contributed by atoms with Gasteiger partial charge < -0.3 is 4.90 Å². The number of halogens is 3. The molecule has 3 rings (SSSR count). The summed E-state index contributed by atoms with van der Waals surface area (Å²) in [5.74, 6) is -1.32. The number of carbonyl (C=O) groups excluding carboxylic acids is 1. The number of benzene rings is 2. The van der Waals surface area contributed by atoms with Gasteiger partial charge in [0.05, 0.1) is 0 Å². The van der Waals surface area contributed by atoms with Gasteiger partial charge in [-0.25, -0.2) is 8.78 Å². The summed E-state index contributed by atoms with van der Waals surface area (Å²) in [5.41, 5.74) is 2.03. The van der Waals surface area contributed by atoms with E-state index in [1.54, 1.807) is 4.90 Å². The average molecular weight is 399 g/mol. The molecule has 108 valence electrons. The number of hydrogen-bond acceptors (Lipinski definition) is 1. The largest absolute Gasteiger partial charge is 0.334 e. The Bertz CT molecular complexity index is 717. The number of rotatable bonds is 2. The molecule has 0 saturated heterocycles.